The van der Waals surface area contributed by atoms with Gasteiger partial charge in [0, 0.05) is 19.1 Å². The van der Waals surface area contributed by atoms with Gasteiger partial charge in [0.15, 0.2) is 0 Å². The van der Waals surface area contributed by atoms with E-state index in [1.165, 1.54) is 38.9 Å². The molecular weight excluding hydrogens is 220 g/mol. The first-order valence-corrected chi connectivity index (χ1v) is 7.35. The van der Waals surface area contributed by atoms with Gasteiger partial charge >= 0.3 is 0 Å². The maximum Gasteiger partial charge on any atom is 0.0237 e. The highest BCUT2D eigenvalue weighted by Crippen LogP contribution is 2.21. The average Bonchev–Trinajstić information content (AvgIpc) is 2.66. The number of nitrogens with zero attached hydrogens (tertiary/aromatic N) is 1. The molecule has 0 bridgehead atoms. The van der Waals surface area contributed by atoms with E-state index in [1.807, 2.05) is 0 Å². The molecule has 0 spiro atoms. The summed E-state index contributed by atoms with van der Waals surface area (Å²) in [5, 5.41) is 3.66. The van der Waals surface area contributed by atoms with E-state index in [9.17, 15) is 0 Å². The van der Waals surface area contributed by atoms with Crippen LogP contribution in [0.4, 0.5) is 0 Å². The molecule has 18 heavy (non-hydrogen) atoms. The van der Waals surface area contributed by atoms with Crippen LogP contribution in [0.3, 0.4) is 0 Å². The molecule has 1 saturated heterocycles. The van der Waals surface area contributed by atoms with E-state index >= 15 is 0 Å². The molecule has 2 heterocycles. The Balaban J connectivity index is 1.67. The number of benzene rings is 1. The van der Waals surface area contributed by atoms with Crippen molar-refractivity contribution in [3.05, 3.63) is 35.4 Å². The number of rotatable bonds is 2. The Morgan fingerprint density at radius 3 is 2.89 bits per heavy atom. The Morgan fingerprint density at radius 2 is 2.11 bits per heavy atom. The molecule has 2 atom stereocenters. The zero-order valence-corrected chi connectivity index (χ0v) is 11.4. The highest BCUT2D eigenvalue weighted by molar-refractivity contribution is 5.28. The number of fused-ring (bicyclic) bond motifs is 1. The Morgan fingerprint density at radius 1 is 1.28 bits per heavy atom. The molecule has 0 aliphatic carbocycles. The molecule has 1 aromatic carbocycles. The van der Waals surface area contributed by atoms with Crippen LogP contribution in [0.1, 0.15) is 30.9 Å². The van der Waals surface area contributed by atoms with Gasteiger partial charge in [-0.2, -0.15) is 0 Å². The molecule has 2 heteroatoms. The van der Waals surface area contributed by atoms with Crippen LogP contribution in [-0.2, 0) is 13.0 Å². The maximum absolute atomic E-state index is 3.66. The predicted molar refractivity (Wildman–Crippen MR) is 75.6 cm³/mol. The molecule has 1 aromatic rings. The first-order chi connectivity index (χ1) is 8.83. The summed E-state index contributed by atoms with van der Waals surface area (Å²) in [5.74, 6) is 0.837. The molecule has 0 saturated carbocycles. The van der Waals surface area contributed by atoms with E-state index in [4.69, 9.17) is 0 Å². The van der Waals surface area contributed by atoms with E-state index in [-0.39, 0.29) is 0 Å². The number of hydrogen-bond acceptors (Lipinski definition) is 2. The lowest BCUT2D eigenvalue weighted by Gasteiger charge is -2.26. The van der Waals surface area contributed by atoms with Crippen molar-refractivity contribution in [1.82, 2.24) is 10.2 Å². The van der Waals surface area contributed by atoms with E-state index < -0.39 is 0 Å². The molecular formula is C16H24N2. The fraction of sp³-hybridized carbons (Fsp3) is 0.625. The second-order valence-corrected chi connectivity index (χ2v) is 5.93. The summed E-state index contributed by atoms with van der Waals surface area (Å²) in [7, 11) is 0. The molecule has 0 radical (unpaired) electrons. The Kier molecular flexibility index (Phi) is 3.67. The molecule has 2 aliphatic rings. The van der Waals surface area contributed by atoms with Crippen LogP contribution in [0.15, 0.2) is 24.3 Å². The summed E-state index contributed by atoms with van der Waals surface area (Å²) < 4.78 is 0. The topological polar surface area (TPSA) is 15.3 Å². The molecule has 2 aliphatic heterocycles. The lowest BCUT2D eigenvalue weighted by atomic mass is 10.0. The van der Waals surface area contributed by atoms with Crippen LogP contribution in [-0.4, -0.2) is 30.6 Å². The molecule has 0 amide bonds. The van der Waals surface area contributed by atoms with Crippen molar-refractivity contribution in [2.75, 3.05) is 19.6 Å². The van der Waals surface area contributed by atoms with Gasteiger partial charge in [0.1, 0.15) is 0 Å². The molecule has 2 nitrogen and oxygen atoms in total. The highest BCUT2D eigenvalue weighted by atomic mass is 15.2. The summed E-state index contributed by atoms with van der Waals surface area (Å²) >= 11 is 0. The minimum absolute atomic E-state index is 0.704. The van der Waals surface area contributed by atoms with Crippen molar-refractivity contribution in [2.24, 2.45) is 5.92 Å². The van der Waals surface area contributed by atoms with Crippen molar-refractivity contribution < 1.29 is 0 Å². The normalized spacial score (nSPS) is 28.9. The van der Waals surface area contributed by atoms with Crippen LogP contribution in [0.5, 0.6) is 0 Å². The zero-order valence-electron chi connectivity index (χ0n) is 11.4. The van der Waals surface area contributed by atoms with Crippen molar-refractivity contribution in [2.45, 2.75) is 38.8 Å². The van der Waals surface area contributed by atoms with Crippen LogP contribution < -0.4 is 5.32 Å². The molecule has 0 aromatic heterocycles. The Bertz CT molecular complexity index is 402. The molecule has 98 valence electrons. The number of nitrogens with one attached hydrogen (secondary N) is 1. The molecule has 1 N–H and O–H groups in total. The minimum atomic E-state index is 0.704. The van der Waals surface area contributed by atoms with Crippen LogP contribution in [0.2, 0.25) is 0 Å². The third-order valence-electron chi connectivity index (χ3n) is 4.58. The third-order valence-corrected chi connectivity index (χ3v) is 4.58. The van der Waals surface area contributed by atoms with Gasteiger partial charge in [-0.05, 0) is 49.4 Å². The van der Waals surface area contributed by atoms with Crippen molar-refractivity contribution in [3.63, 3.8) is 0 Å². The fourth-order valence-electron chi connectivity index (χ4n) is 3.35. The largest absolute Gasteiger partial charge is 0.312 e. The first-order valence-electron chi connectivity index (χ1n) is 7.35. The van der Waals surface area contributed by atoms with E-state index in [1.54, 1.807) is 11.1 Å². The minimum Gasteiger partial charge on any atom is -0.312 e. The highest BCUT2D eigenvalue weighted by Gasteiger charge is 2.25. The van der Waals surface area contributed by atoms with Gasteiger partial charge in [-0.15, -0.1) is 0 Å². The van der Waals surface area contributed by atoms with Gasteiger partial charge in [-0.3, -0.25) is 4.90 Å². The van der Waals surface area contributed by atoms with E-state index in [0.717, 1.165) is 12.5 Å². The molecule has 3 rings (SSSR count). The van der Waals surface area contributed by atoms with Crippen LogP contribution in [0.25, 0.3) is 0 Å². The fourth-order valence-corrected chi connectivity index (χ4v) is 3.35. The van der Waals surface area contributed by atoms with Gasteiger partial charge in [0.05, 0.1) is 0 Å². The van der Waals surface area contributed by atoms with Crippen molar-refractivity contribution in [1.29, 1.82) is 0 Å². The summed E-state index contributed by atoms with van der Waals surface area (Å²) in [4.78, 5) is 2.64. The van der Waals surface area contributed by atoms with Gasteiger partial charge < -0.3 is 5.32 Å². The van der Waals surface area contributed by atoms with E-state index in [2.05, 4.69) is 41.4 Å². The monoisotopic (exact) mass is 244 g/mol. The maximum atomic E-state index is 3.66. The molecule has 1 fully saturated rings. The number of hydrogen-bond donors (Lipinski definition) is 1. The second kappa shape index (κ2) is 5.41. The van der Waals surface area contributed by atoms with Crippen molar-refractivity contribution in [3.8, 4) is 0 Å². The van der Waals surface area contributed by atoms with Gasteiger partial charge in [-0.1, -0.05) is 31.2 Å². The Hall–Kier alpha value is -0.860. The SMILES string of the molecule is CC1CCNC1CN1CCCc2ccccc2C1. The van der Waals surface area contributed by atoms with E-state index in [0.29, 0.717) is 6.04 Å². The van der Waals surface area contributed by atoms with Gasteiger partial charge in [0.25, 0.3) is 0 Å². The summed E-state index contributed by atoms with van der Waals surface area (Å²) in [5.41, 5.74) is 3.10. The average molecular weight is 244 g/mol. The molecule has 2 unspecified atom stereocenters. The first kappa shape index (κ1) is 12.2. The van der Waals surface area contributed by atoms with Gasteiger partial charge in [0.2, 0.25) is 0 Å². The second-order valence-electron chi connectivity index (χ2n) is 5.93. The summed E-state index contributed by atoms with van der Waals surface area (Å²) in [6, 6.07) is 9.66. The lowest BCUT2D eigenvalue weighted by molar-refractivity contribution is 0.229. The number of aryl methyl sites for hydroxylation is 1. The predicted octanol–water partition coefficient (Wildman–Crippen LogP) is 2.43. The Labute approximate surface area is 110 Å². The summed E-state index contributed by atoms with van der Waals surface area (Å²) in [6.45, 7) is 7.20. The summed E-state index contributed by atoms with van der Waals surface area (Å²) in [6.07, 6.45) is 3.90. The zero-order chi connectivity index (χ0) is 12.4. The van der Waals surface area contributed by atoms with Crippen LogP contribution >= 0.6 is 0 Å². The van der Waals surface area contributed by atoms with Crippen LogP contribution in [0, 0.1) is 5.92 Å². The van der Waals surface area contributed by atoms with Gasteiger partial charge in [-0.25, -0.2) is 0 Å². The quantitative estimate of drug-likeness (QED) is 0.859. The van der Waals surface area contributed by atoms with Crippen molar-refractivity contribution >= 4 is 0 Å². The lowest BCUT2D eigenvalue weighted by Crippen LogP contribution is -2.39. The standard InChI is InChI=1S/C16H24N2/c1-13-8-9-17-16(13)12-18-10-4-7-14-5-2-3-6-15(14)11-18/h2-3,5-6,13,16-17H,4,7-12H2,1H3. The smallest absolute Gasteiger partial charge is 0.0237 e. The third kappa shape index (κ3) is 2.60.